The van der Waals surface area contributed by atoms with Gasteiger partial charge in [0.15, 0.2) is 0 Å². The Morgan fingerprint density at radius 3 is 2.86 bits per heavy atom. The quantitative estimate of drug-likeness (QED) is 0.849. The van der Waals surface area contributed by atoms with E-state index in [1.54, 1.807) is 6.92 Å². The van der Waals surface area contributed by atoms with E-state index in [9.17, 15) is 5.11 Å². The molecule has 0 aliphatic carbocycles. The van der Waals surface area contributed by atoms with E-state index in [1.165, 1.54) is 11.1 Å². The lowest BCUT2D eigenvalue weighted by molar-refractivity contribution is 0.153. The first-order valence-electron chi connectivity index (χ1n) is 7.72. The molecule has 1 aromatic carbocycles. The predicted molar refractivity (Wildman–Crippen MR) is 83.3 cm³/mol. The van der Waals surface area contributed by atoms with Crippen molar-refractivity contribution in [3.63, 3.8) is 0 Å². The van der Waals surface area contributed by atoms with Crippen molar-refractivity contribution in [1.82, 2.24) is 15.1 Å². The second-order valence-electron chi connectivity index (χ2n) is 5.70. The van der Waals surface area contributed by atoms with E-state index in [-0.39, 0.29) is 6.61 Å². The number of benzene rings is 1. The number of aliphatic hydroxyl groups excluding tert-OH is 1. The van der Waals surface area contributed by atoms with Crippen molar-refractivity contribution >= 4 is 6.01 Å². The van der Waals surface area contributed by atoms with Crippen molar-refractivity contribution in [3.05, 3.63) is 41.3 Å². The van der Waals surface area contributed by atoms with Gasteiger partial charge in [-0.2, -0.15) is 0 Å². The second-order valence-corrected chi connectivity index (χ2v) is 5.70. The molecule has 1 atom stereocenters. The van der Waals surface area contributed by atoms with Crippen molar-refractivity contribution in [1.29, 1.82) is 0 Å². The van der Waals surface area contributed by atoms with Gasteiger partial charge in [0.2, 0.25) is 5.89 Å². The van der Waals surface area contributed by atoms with Crippen LogP contribution >= 0.6 is 0 Å². The van der Waals surface area contributed by atoms with Gasteiger partial charge in [-0.3, -0.25) is 4.90 Å². The summed E-state index contributed by atoms with van der Waals surface area (Å²) in [6, 6.07) is 9.08. The summed E-state index contributed by atoms with van der Waals surface area (Å²) in [5.74, 6) is 0.554. The fourth-order valence-electron chi connectivity index (χ4n) is 2.95. The van der Waals surface area contributed by atoms with Gasteiger partial charge in [-0.1, -0.05) is 29.4 Å². The number of nitrogens with one attached hydrogen (secondary N) is 1. The first kappa shape index (κ1) is 15.0. The van der Waals surface area contributed by atoms with Crippen molar-refractivity contribution in [2.24, 2.45) is 0 Å². The van der Waals surface area contributed by atoms with E-state index in [0.29, 0.717) is 24.5 Å². The predicted octanol–water partition coefficient (Wildman–Crippen LogP) is 1.95. The Morgan fingerprint density at radius 1 is 1.32 bits per heavy atom. The number of hydrogen-bond acceptors (Lipinski definition) is 6. The molecular weight excluding hydrogens is 280 g/mol. The molecule has 22 heavy (non-hydrogen) atoms. The molecule has 6 heteroatoms. The Hall–Kier alpha value is -1.92. The molecule has 118 valence electrons. The minimum absolute atomic E-state index is 0.238. The average Bonchev–Trinajstić information content (AvgIpc) is 3.15. The van der Waals surface area contributed by atoms with Crippen LogP contribution in [0.25, 0.3) is 0 Å². The van der Waals surface area contributed by atoms with Gasteiger partial charge in [-0.25, -0.2) is 0 Å². The standard InChI is InChI=1S/C16H22N4O2/c1-12-18-19-16(22-12)17-9-13-5-2-3-6-14(13)10-20-8-4-7-15(20)11-21/h2-3,5-6,15,21H,4,7-11H2,1H3,(H,17,19). The van der Waals surface area contributed by atoms with Gasteiger partial charge in [0.1, 0.15) is 0 Å². The molecule has 0 spiro atoms. The number of likely N-dealkylation sites (tertiary alicyclic amines) is 1. The Kier molecular flexibility index (Phi) is 4.70. The highest BCUT2D eigenvalue weighted by Gasteiger charge is 2.24. The smallest absolute Gasteiger partial charge is 0.315 e. The summed E-state index contributed by atoms with van der Waals surface area (Å²) in [5.41, 5.74) is 2.48. The van der Waals surface area contributed by atoms with Gasteiger partial charge in [-0.15, -0.1) is 5.10 Å². The Bertz CT molecular complexity index is 614. The van der Waals surface area contributed by atoms with Crippen LogP contribution in [0.2, 0.25) is 0 Å². The Labute approximate surface area is 130 Å². The maximum absolute atomic E-state index is 9.46. The molecule has 6 nitrogen and oxygen atoms in total. The van der Waals surface area contributed by atoms with E-state index >= 15 is 0 Å². The van der Waals surface area contributed by atoms with E-state index in [2.05, 4.69) is 38.6 Å². The molecule has 1 fully saturated rings. The average molecular weight is 302 g/mol. The van der Waals surface area contributed by atoms with E-state index in [0.717, 1.165) is 25.9 Å². The summed E-state index contributed by atoms with van der Waals surface area (Å²) in [6.45, 7) is 4.58. The number of rotatable bonds is 6. The highest BCUT2D eigenvalue weighted by atomic mass is 16.4. The van der Waals surface area contributed by atoms with E-state index < -0.39 is 0 Å². The van der Waals surface area contributed by atoms with Crippen LogP contribution < -0.4 is 5.32 Å². The highest BCUT2D eigenvalue weighted by Crippen LogP contribution is 2.21. The third kappa shape index (κ3) is 3.45. The molecule has 1 aliphatic heterocycles. The SMILES string of the molecule is Cc1nnc(NCc2ccccc2CN2CCCC2CO)o1. The van der Waals surface area contributed by atoms with Crippen LogP contribution in [0.1, 0.15) is 29.9 Å². The minimum Gasteiger partial charge on any atom is -0.408 e. The third-order valence-electron chi connectivity index (χ3n) is 4.16. The normalized spacial score (nSPS) is 18.7. The first-order chi connectivity index (χ1) is 10.8. The molecule has 1 unspecified atom stereocenters. The lowest BCUT2D eigenvalue weighted by atomic mass is 10.1. The molecule has 0 radical (unpaired) electrons. The molecule has 1 aliphatic rings. The lowest BCUT2D eigenvalue weighted by Gasteiger charge is -2.24. The number of hydrogen-bond donors (Lipinski definition) is 2. The van der Waals surface area contributed by atoms with E-state index in [1.807, 2.05) is 6.07 Å². The number of anilines is 1. The van der Waals surface area contributed by atoms with Crippen LogP contribution in [0.4, 0.5) is 6.01 Å². The summed E-state index contributed by atoms with van der Waals surface area (Å²) in [6.07, 6.45) is 2.24. The summed E-state index contributed by atoms with van der Waals surface area (Å²) in [5, 5.41) is 20.4. The van der Waals surface area contributed by atoms with Gasteiger partial charge in [0.05, 0.1) is 6.61 Å². The largest absolute Gasteiger partial charge is 0.408 e. The van der Waals surface area contributed by atoms with Crippen LogP contribution in [0.15, 0.2) is 28.7 Å². The maximum Gasteiger partial charge on any atom is 0.315 e. The zero-order chi connectivity index (χ0) is 15.4. The molecule has 0 bridgehead atoms. The van der Waals surface area contributed by atoms with Gasteiger partial charge in [0.25, 0.3) is 0 Å². The number of aryl methyl sites for hydroxylation is 1. The summed E-state index contributed by atoms with van der Waals surface area (Å²) in [7, 11) is 0. The monoisotopic (exact) mass is 302 g/mol. The van der Waals surface area contributed by atoms with Gasteiger partial charge >= 0.3 is 6.01 Å². The molecule has 2 heterocycles. The second kappa shape index (κ2) is 6.89. The summed E-state index contributed by atoms with van der Waals surface area (Å²) >= 11 is 0. The van der Waals surface area contributed by atoms with Crippen molar-refractivity contribution in [3.8, 4) is 0 Å². The third-order valence-corrected chi connectivity index (χ3v) is 4.16. The van der Waals surface area contributed by atoms with Crippen LogP contribution in [-0.4, -0.2) is 39.4 Å². The van der Waals surface area contributed by atoms with Crippen LogP contribution in [0.5, 0.6) is 0 Å². The van der Waals surface area contributed by atoms with Crippen LogP contribution in [0, 0.1) is 6.92 Å². The molecule has 0 amide bonds. The molecular formula is C16H22N4O2. The number of aromatic nitrogens is 2. The lowest BCUT2D eigenvalue weighted by Crippen LogP contribution is -2.32. The molecule has 1 aromatic heterocycles. The Morgan fingerprint density at radius 2 is 2.14 bits per heavy atom. The first-order valence-corrected chi connectivity index (χ1v) is 7.72. The minimum atomic E-state index is 0.238. The summed E-state index contributed by atoms with van der Waals surface area (Å²) in [4.78, 5) is 2.36. The van der Waals surface area contributed by atoms with Crippen LogP contribution in [-0.2, 0) is 13.1 Å². The summed E-state index contributed by atoms with van der Waals surface area (Å²) < 4.78 is 5.34. The van der Waals surface area contributed by atoms with Crippen LogP contribution in [0.3, 0.4) is 0 Å². The van der Waals surface area contributed by atoms with Gasteiger partial charge < -0.3 is 14.8 Å². The molecule has 2 N–H and O–H groups in total. The van der Waals surface area contributed by atoms with Crippen molar-refractivity contribution < 1.29 is 9.52 Å². The maximum atomic E-state index is 9.46. The van der Waals surface area contributed by atoms with Crippen molar-refractivity contribution in [2.75, 3.05) is 18.5 Å². The molecule has 2 aromatic rings. The molecule has 0 saturated carbocycles. The number of nitrogens with zero attached hydrogens (tertiary/aromatic N) is 3. The Balaban J connectivity index is 1.67. The fourth-order valence-corrected chi connectivity index (χ4v) is 2.95. The topological polar surface area (TPSA) is 74.4 Å². The number of aliphatic hydroxyl groups is 1. The zero-order valence-corrected chi connectivity index (χ0v) is 12.8. The van der Waals surface area contributed by atoms with Crippen molar-refractivity contribution in [2.45, 2.75) is 38.9 Å². The van der Waals surface area contributed by atoms with Gasteiger partial charge in [0, 0.05) is 26.1 Å². The zero-order valence-electron chi connectivity index (χ0n) is 12.8. The van der Waals surface area contributed by atoms with Gasteiger partial charge in [-0.05, 0) is 30.5 Å². The fraction of sp³-hybridized carbons (Fsp3) is 0.500. The molecule has 3 rings (SSSR count). The molecule has 1 saturated heterocycles. The highest BCUT2D eigenvalue weighted by molar-refractivity contribution is 5.31. The van der Waals surface area contributed by atoms with E-state index in [4.69, 9.17) is 4.42 Å².